The van der Waals surface area contributed by atoms with Crippen LogP contribution in [0, 0.1) is 0 Å². The molecule has 1 aromatic heterocycles. The number of alkyl halides is 3. The van der Waals surface area contributed by atoms with Crippen LogP contribution in [0.4, 0.5) is 13.2 Å². The standard InChI is InChI=1S/C19H20F3N3O2S2/c20-19(21,22)17-12-15(23-24-17)16-6-7-18(28-16)29(26,27)25-10-8-14(9-11-25)13-4-2-1-3-5-13/h1-8,15,17,23-24H,9-12H2. The van der Waals surface area contributed by atoms with Crippen LogP contribution in [0.2, 0.25) is 0 Å². The molecule has 5 nitrogen and oxygen atoms in total. The number of hydrogen-bond acceptors (Lipinski definition) is 5. The minimum absolute atomic E-state index is 0.154. The van der Waals surface area contributed by atoms with Crippen LogP contribution in [0.1, 0.15) is 29.3 Å². The zero-order valence-electron chi connectivity index (χ0n) is 15.3. The van der Waals surface area contributed by atoms with Crippen molar-refractivity contribution in [1.29, 1.82) is 0 Å². The van der Waals surface area contributed by atoms with Crippen molar-refractivity contribution in [2.45, 2.75) is 35.3 Å². The maximum Gasteiger partial charge on any atom is 0.405 e. The van der Waals surface area contributed by atoms with Crippen molar-refractivity contribution < 1.29 is 21.6 Å². The summed E-state index contributed by atoms with van der Waals surface area (Å²) in [6, 6.07) is 10.7. The zero-order chi connectivity index (χ0) is 20.6. The van der Waals surface area contributed by atoms with Gasteiger partial charge in [0.1, 0.15) is 10.3 Å². The van der Waals surface area contributed by atoms with Gasteiger partial charge in [0, 0.05) is 18.0 Å². The maximum absolute atomic E-state index is 13.0. The molecule has 10 heteroatoms. The van der Waals surface area contributed by atoms with Crippen molar-refractivity contribution in [2.24, 2.45) is 0 Å². The van der Waals surface area contributed by atoms with E-state index >= 15 is 0 Å². The third kappa shape index (κ3) is 4.26. The Balaban J connectivity index is 1.46. The SMILES string of the molecule is O=S(=O)(c1ccc(C2CC(C(F)(F)F)NN2)s1)N1CC=C(c2ccccc2)CC1. The van der Waals surface area contributed by atoms with E-state index < -0.39 is 28.3 Å². The van der Waals surface area contributed by atoms with Crippen molar-refractivity contribution in [3.8, 4) is 0 Å². The van der Waals surface area contributed by atoms with Crippen molar-refractivity contribution >= 4 is 26.9 Å². The first-order valence-corrected chi connectivity index (χ1v) is 11.4. The van der Waals surface area contributed by atoms with Crippen molar-refractivity contribution in [2.75, 3.05) is 13.1 Å². The van der Waals surface area contributed by atoms with E-state index in [9.17, 15) is 21.6 Å². The minimum atomic E-state index is -4.34. The van der Waals surface area contributed by atoms with E-state index in [0.29, 0.717) is 17.8 Å². The van der Waals surface area contributed by atoms with Crippen LogP contribution in [-0.4, -0.2) is 38.0 Å². The van der Waals surface area contributed by atoms with E-state index in [4.69, 9.17) is 0 Å². The first-order valence-electron chi connectivity index (χ1n) is 9.17. The third-order valence-electron chi connectivity index (χ3n) is 5.15. The largest absolute Gasteiger partial charge is 0.405 e. The van der Waals surface area contributed by atoms with Gasteiger partial charge in [-0.05, 0) is 36.1 Å². The Hall–Kier alpha value is -1.72. The molecule has 1 fully saturated rings. The monoisotopic (exact) mass is 443 g/mol. The highest BCUT2D eigenvalue weighted by Crippen LogP contribution is 2.36. The quantitative estimate of drug-likeness (QED) is 0.757. The van der Waals surface area contributed by atoms with Gasteiger partial charge >= 0.3 is 6.18 Å². The number of nitrogens with zero attached hydrogens (tertiary/aromatic N) is 1. The fourth-order valence-electron chi connectivity index (χ4n) is 3.53. The van der Waals surface area contributed by atoms with Gasteiger partial charge in [0.05, 0.1) is 6.04 Å². The molecule has 2 aliphatic heterocycles. The van der Waals surface area contributed by atoms with Crippen molar-refractivity contribution in [3.63, 3.8) is 0 Å². The number of sulfonamides is 1. The molecule has 4 rings (SSSR count). The summed E-state index contributed by atoms with van der Waals surface area (Å²) in [4.78, 5) is 0.570. The molecular formula is C19H20F3N3O2S2. The first-order chi connectivity index (χ1) is 13.7. The number of hydrazine groups is 1. The summed E-state index contributed by atoms with van der Waals surface area (Å²) in [5.74, 6) is 0. The second-order valence-corrected chi connectivity index (χ2v) is 10.3. The second kappa shape index (κ2) is 7.84. The average molecular weight is 444 g/mol. The Kier molecular flexibility index (Phi) is 5.56. The van der Waals surface area contributed by atoms with Crippen LogP contribution in [0.5, 0.6) is 0 Å². The van der Waals surface area contributed by atoms with Crippen LogP contribution in [0.3, 0.4) is 0 Å². The molecule has 2 aliphatic rings. The lowest BCUT2D eigenvalue weighted by Crippen LogP contribution is -2.40. The molecule has 156 valence electrons. The predicted molar refractivity (Wildman–Crippen MR) is 106 cm³/mol. The summed E-state index contributed by atoms with van der Waals surface area (Å²) < 4.78 is 66.0. The van der Waals surface area contributed by atoms with Gasteiger partial charge in [0.2, 0.25) is 0 Å². The molecule has 1 aromatic carbocycles. The normalized spacial score (nSPS) is 23.9. The Labute approximate surface area is 171 Å². The topological polar surface area (TPSA) is 61.4 Å². The molecule has 2 unspecified atom stereocenters. The summed E-state index contributed by atoms with van der Waals surface area (Å²) in [7, 11) is -3.68. The number of thiophene rings is 1. The zero-order valence-corrected chi connectivity index (χ0v) is 16.9. The van der Waals surface area contributed by atoms with Gasteiger partial charge in [-0.2, -0.15) is 17.5 Å². The fraction of sp³-hybridized carbons (Fsp3) is 0.368. The molecule has 2 aromatic rings. The van der Waals surface area contributed by atoms with Gasteiger partial charge in [0.15, 0.2) is 0 Å². The lowest BCUT2D eigenvalue weighted by Gasteiger charge is -2.25. The Morgan fingerprint density at radius 3 is 2.45 bits per heavy atom. The summed E-state index contributed by atoms with van der Waals surface area (Å²) in [5, 5.41) is 0. The van der Waals surface area contributed by atoms with Crippen molar-refractivity contribution in [1.82, 2.24) is 15.2 Å². The second-order valence-electron chi connectivity index (χ2n) is 7.04. The fourth-order valence-corrected chi connectivity index (χ4v) is 6.45. The molecule has 0 spiro atoms. The van der Waals surface area contributed by atoms with Crippen LogP contribution in [0.25, 0.3) is 5.57 Å². The highest BCUT2D eigenvalue weighted by Gasteiger charge is 2.45. The van der Waals surface area contributed by atoms with Gasteiger partial charge in [-0.1, -0.05) is 36.4 Å². The summed E-state index contributed by atoms with van der Waals surface area (Å²) >= 11 is 1.02. The third-order valence-corrected chi connectivity index (χ3v) is 8.69. The number of hydrogen-bond donors (Lipinski definition) is 2. The van der Waals surface area contributed by atoms with Crippen molar-refractivity contribution in [3.05, 3.63) is 59.0 Å². The van der Waals surface area contributed by atoms with E-state index in [1.165, 1.54) is 10.4 Å². The highest BCUT2D eigenvalue weighted by molar-refractivity contribution is 7.91. The van der Waals surface area contributed by atoms with E-state index in [0.717, 1.165) is 22.5 Å². The summed E-state index contributed by atoms with van der Waals surface area (Å²) in [6.07, 6.45) is -1.98. The van der Waals surface area contributed by atoms with Crippen LogP contribution in [0.15, 0.2) is 52.7 Å². The molecule has 2 atom stereocenters. The average Bonchev–Trinajstić information content (AvgIpc) is 3.38. The van der Waals surface area contributed by atoms with E-state index in [1.54, 1.807) is 6.07 Å². The molecule has 2 N–H and O–H groups in total. The van der Waals surface area contributed by atoms with Gasteiger partial charge in [-0.15, -0.1) is 11.3 Å². The molecular weight excluding hydrogens is 423 g/mol. The maximum atomic E-state index is 13.0. The highest BCUT2D eigenvalue weighted by atomic mass is 32.2. The smallest absolute Gasteiger partial charge is 0.249 e. The molecule has 0 amide bonds. The molecule has 0 saturated carbocycles. The number of halogens is 3. The lowest BCUT2D eigenvalue weighted by molar-refractivity contribution is -0.153. The van der Waals surface area contributed by atoms with Gasteiger partial charge < -0.3 is 0 Å². The number of benzene rings is 1. The van der Waals surface area contributed by atoms with Crippen LogP contribution >= 0.6 is 11.3 Å². The molecule has 0 radical (unpaired) electrons. The Morgan fingerprint density at radius 1 is 1.07 bits per heavy atom. The minimum Gasteiger partial charge on any atom is -0.249 e. The van der Waals surface area contributed by atoms with E-state index in [-0.39, 0.29) is 17.2 Å². The van der Waals surface area contributed by atoms with E-state index in [2.05, 4.69) is 10.9 Å². The van der Waals surface area contributed by atoms with E-state index in [1.807, 2.05) is 36.4 Å². The molecule has 29 heavy (non-hydrogen) atoms. The summed E-state index contributed by atoms with van der Waals surface area (Å²) in [6.45, 7) is 0.648. The molecule has 1 saturated heterocycles. The Bertz CT molecular complexity index is 1000. The Morgan fingerprint density at radius 2 is 1.83 bits per heavy atom. The molecule has 0 bridgehead atoms. The van der Waals surface area contributed by atoms with Crippen LogP contribution < -0.4 is 10.9 Å². The molecule has 3 heterocycles. The number of rotatable bonds is 4. The van der Waals surface area contributed by atoms with Crippen LogP contribution in [-0.2, 0) is 10.0 Å². The van der Waals surface area contributed by atoms with Gasteiger partial charge in [-0.3, -0.25) is 0 Å². The number of nitrogens with one attached hydrogen (secondary N) is 2. The predicted octanol–water partition coefficient (Wildman–Crippen LogP) is 3.70. The lowest BCUT2D eigenvalue weighted by atomic mass is 10.0. The first kappa shape index (κ1) is 20.5. The van der Waals surface area contributed by atoms with Gasteiger partial charge in [-0.25, -0.2) is 19.3 Å². The van der Waals surface area contributed by atoms with Gasteiger partial charge in [0.25, 0.3) is 10.0 Å². The molecule has 0 aliphatic carbocycles. The summed E-state index contributed by atoms with van der Waals surface area (Å²) in [5.41, 5.74) is 7.06.